The van der Waals surface area contributed by atoms with Crippen LogP contribution in [0.3, 0.4) is 0 Å². The summed E-state index contributed by atoms with van der Waals surface area (Å²) in [4.78, 5) is 74.1. The van der Waals surface area contributed by atoms with Crippen LogP contribution in [0, 0.1) is 0 Å². The summed E-state index contributed by atoms with van der Waals surface area (Å²) in [6, 6.07) is -6.05. The summed E-state index contributed by atoms with van der Waals surface area (Å²) in [6.45, 7) is -0.860. The number of carbonyl (C=O) groups is 6. The first-order valence-corrected chi connectivity index (χ1v) is 10.3. The Labute approximate surface area is 199 Å². The zero-order valence-electron chi connectivity index (χ0n) is 18.8. The minimum absolute atomic E-state index is 0.0801. The van der Waals surface area contributed by atoms with Gasteiger partial charge in [-0.2, -0.15) is 0 Å². The van der Waals surface area contributed by atoms with Crippen LogP contribution in [0.4, 0.5) is 0 Å². The molecule has 17 nitrogen and oxygen atoms in total. The number of guanidine groups is 1. The third kappa shape index (κ3) is 13.3. The number of nitrogens with two attached hydrogens (primary N) is 4. The molecule has 35 heavy (non-hydrogen) atoms. The molecule has 4 atom stereocenters. The number of nitrogens with one attached hydrogen (secondary N) is 3. The predicted octanol–water partition coefficient (Wildman–Crippen LogP) is -5.36. The van der Waals surface area contributed by atoms with Crippen LogP contribution in [0.5, 0.6) is 0 Å². The molecule has 0 aliphatic carbocycles. The lowest BCUT2D eigenvalue weighted by atomic mass is 10.1. The van der Waals surface area contributed by atoms with E-state index in [0.717, 1.165) is 0 Å². The van der Waals surface area contributed by atoms with Crippen LogP contribution in [-0.2, 0) is 28.8 Å². The molecule has 0 saturated heterocycles. The summed E-state index contributed by atoms with van der Waals surface area (Å²) < 4.78 is 0. The highest BCUT2D eigenvalue weighted by Crippen LogP contribution is 2.03. The molecule has 0 spiro atoms. The lowest BCUT2D eigenvalue weighted by Gasteiger charge is -2.23. The van der Waals surface area contributed by atoms with Crippen molar-refractivity contribution >= 4 is 41.5 Å². The van der Waals surface area contributed by atoms with Gasteiger partial charge in [0.25, 0.3) is 0 Å². The minimum atomic E-state index is -1.74. The summed E-state index contributed by atoms with van der Waals surface area (Å²) in [6.07, 6.45) is -1.21. The van der Waals surface area contributed by atoms with Gasteiger partial charge in [0.15, 0.2) is 5.96 Å². The molecule has 17 heteroatoms. The second-order valence-electron chi connectivity index (χ2n) is 7.36. The largest absolute Gasteiger partial charge is 0.481 e. The Morgan fingerprint density at radius 3 is 1.83 bits per heavy atom. The van der Waals surface area contributed by atoms with Gasteiger partial charge in [0.2, 0.25) is 23.6 Å². The Morgan fingerprint density at radius 2 is 1.34 bits per heavy atom. The lowest BCUT2D eigenvalue weighted by Crippen LogP contribution is -2.58. The fraction of sp³-hybridized carbons (Fsp3) is 0.611. The van der Waals surface area contributed by atoms with Crippen molar-refractivity contribution in [3.63, 3.8) is 0 Å². The molecular formula is C18H32N8O9. The van der Waals surface area contributed by atoms with Crippen molar-refractivity contribution in [3.8, 4) is 0 Å². The van der Waals surface area contributed by atoms with E-state index in [2.05, 4.69) is 20.9 Å². The van der Waals surface area contributed by atoms with Crippen molar-refractivity contribution in [1.82, 2.24) is 16.0 Å². The predicted molar refractivity (Wildman–Crippen MR) is 119 cm³/mol. The van der Waals surface area contributed by atoms with Gasteiger partial charge in [-0.1, -0.05) is 0 Å². The molecule has 0 fully saturated rings. The number of nitrogens with zero attached hydrogens (tertiary/aromatic N) is 1. The van der Waals surface area contributed by atoms with Gasteiger partial charge >= 0.3 is 11.9 Å². The molecule has 4 amide bonds. The topological polar surface area (TPSA) is 316 Å². The number of aliphatic hydroxyl groups is 1. The number of carbonyl (C=O) groups excluding carboxylic acids is 4. The molecule has 0 aromatic heterocycles. The van der Waals surface area contributed by atoms with E-state index < -0.39 is 72.8 Å². The molecule has 0 saturated carbocycles. The second kappa shape index (κ2) is 15.8. The minimum Gasteiger partial charge on any atom is -0.481 e. The van der Waals surface area contributed by atoms with Crippen LogP contribution in [0.1, 0.15) is 32.1 Å². The SMILES string of the molecule is NC(=O)CCC(N)C(=O)NC(CO)C(=O)NC(CC(=O)O)C(=O)NC(CCCN=C(N)N)C(=O)O. The highest BCUT2D eigenvalue weighted by Gasteiger charge is 2.31. The number of hydrogen-bond donors (Lipinski definition) is 10. The number of aliphatic imine (C=N–C) groups is 1. The number of primary amides is 1. The molecule has 0 heterocycles. The first-order chi connectivity index (χ1) is 16.3. The molecular weight excluding hydrogens is 472 g/mol. The van der Waals surface area contributed by atoms with E-state index in [1.54, 1.807) is 0 Å². The maximum atomic E-state index is 12.5. The summed E-state index contributed by atoms with van der Waals surface area (Å²) in [5.41, 5.74) is 20.9. The Morgan fingerprint density at radius 1 is 0.800 bits per heavy atom. The zero-order valence-corrected chi connectivity index (χ0v) is 18.8. The van der Waals surface area contributed by atoms with Crippen LogP contribution in [0.25, 0.3) is 0 Å². The Bertz CT molecular complexity index is 816. The number of aliphatic hydroxyl groups excluding tert-OH is 1. The van der Waals surface area contributed by atoms with E-state index in [1.165, 1.54) is 0 Å². The summed E-state index contributed by atoms with van der Waals surface area (Å²) >= 11 is 0. The third-order valence-corrected chi connectivity index (χ3v) is 4.43. The lowest BCUT2D eigenvalue weighted by molar-refractivity contribution is -0.144. The molecule has 0 aliphatic rings. The molecule has 0 radical (unpaired) electrons. The van der Waals surface area contributed by atoms with E-state index in [1.807, 2.05) is 0 Å². The molecule has 0 rings (SSSR count). The quantitative estimate of drug-likeness (QED) is 0.0504. The molecule has 0 aliphatic heterocycles. The summed E-state index contributed by atoms with van der Waals surface area (Å²) in [7, 11) is 0. The monoisotopic (exact) mass is 504 g/mol. The van der Waals surface area contributed by atoms with Gasteiger partial charge < -0.3 is 54.2 Å². The summed E-state index contributed by atoms with van der Waals surface area (Å²) in [5, 5.41) is 34.1. The van der Waals surface area contributed by atoms with Crippen LogP contribution in [-0.4, -0.2) is 94.2 Å². The number of hydrogen-bond acceptors (Lipinski definition) is 9. The van der Waals surface area contributed by atoms with Crippen LogP contribution < -0.4 is 38.9 Å². The maximum Gasteiger partial charge on any atom is 0.326 e. The van der Waals surface area contributed by atoms with Crippen molar-refractivity contribution < 1.29 is 44.1 Å². The van der Waals surface area contributed by atoms with E-state index >= 15 is 0 Å². The van der Waals surface area contributed by atoms with Crippen LogP contribution >= 0.6 is 0 Å². The van der Waals surface area contributed by atoms with E-state index in [4.69, 9.17) is 28.0 Å². The van der Waals surface area contributed by atoms with E-state index in [0.29, 0.717) is 0 Å². The average Bonchev–Trinajstić information content (AvgIpc) is 2.75. The fourth-order valence-electron chi connectivity index (χ4n) is 2.59. The molecule has 0 aromatic rings. The number of carboxylic acids is 2. The maximum absolute atomic E-state index is 12.5. The fourth-order valence-corrected chi connectivity index (χ4v) is 2.59. The van der Waals surface area contributed by atoms with Gasteiger partial charge in [-0.05, 0) is 19.3 Å². The van der Waals surface area contributed by atoms with Crippen molar-refractivity contribution in [2.45, 2.75) is 56.3 Å². The second-order valence-corrected chi connectivity index (χ2v) is 7.36. The van der Waals surface area contributed by atoms with E-state index in [9.17, 15) is 39.0 Å². The van der Waals surface area contributed by atoms with E-state index in [-0.39, 0.29) is 38.2 Å². The molecule has 0 bridgehead atoms. The Hall–Kier alpha value is -3.99. The Kier molecular flexibility index (Phi) is 14.0. The average molecular weight is 505 g/mol. The van der Waals surface area contributed by atoms with Crippen molar-refractivity contribution in [3.05, 3.63) is 0 Å². The summed E-state index contributed by atoms with van der Waals surface area (Å²) in [5.74, 6) is -7.00. The van der Waals surface area contributed by atoms with Gasteiger partial charge in [-0.25, -0.2) is 4.79 Å². The first kappa shape index (κ1) is 31.0. The number of aliphatic carboxylic acids is 2. The normalized spacial score (nSPS) is 13.9. The molecule has 198 valence electrons. The van der Waals surface area contributed by atoms with Gasteiger partial charge in [0, 0.05) is 13.0 Å². The highest BCUT2D eigenvalue weighted by molar-refractivity contribution is 5.95. The van der Waals surface area contributed by atoms with Crippen molar-refractivity contribution in [2.24, 2.45) is 27.9 Å². The van der Waals surface area contributed by atoms with Gasteiger partial charge in [0.1, 0.15) is 18.1 Å². The number of amides is 4. The smallest absolute Gasteiger partial charge is 0.326 e. The first-order valence-electron chi connectivity index (χ1n) is 10.3. The Balaban J connectivity index is 5.24. The van der Waals surface area contributed by atoms with Crippen molar-refractivity contribution in [2.75, 3.05) is 13.2 Å². The zero-order chi connectivity index (χ0) is 27.1. The van der Waals surface area contributed by atoms with Gasteiger partial charge in [0.05, 0.1) is 19.1 Å². The van der Waals surface area contributed by atoms with Gasteiger partial charge in [-0.15, -0.1) is 0 Å². The highest BCUT2D eigenvalue weighted by atomic mass is 16.4. The van der Waals surface area contributed by atoms with Gasteiger partial charge in [-0.3, -0.25) is 29.0 Å². The van der Waals surface area contributed by atoms with Crippen molar-refractivity contribution in [1.29, 1.82) is 0 Å². The molecule has 14 N–H and O–H groups in total. The standard InChI is InChI=1S/C18H32N8O9/c19-8(3-4-12(20)28)14(31)26-11(7-27)16(33)25-10(6-13(29)30)15(32)24-9(17(34)35)2-1-5-23-18(21)22/h8-11,27H,1-7,19H2,(H2,20,28)(H,24,32)(H,25,33)(H,26,31)(H,29,30)(H,34,35)(H4,21,22,23). The number of rotatable bonds is 17. The third-order valence-electron chi connectivity index (χ3n) is 4.43. The molecule has 0 aromatic carbocycles. The van der Waals surface area contributed by atoms with Crippen LogP contribution in [0.15, 0.2) is 4.99 Å². The van der Waals surface area contributed by atoms with Crippen LogP contribution in [0.2, 0.25) is 0 Å². The molecule has 4 unspecified atom stereocenters. The number of carboxylic acid groups (broad SMARTS) is 2.